The standard InChI is InChI=1S/C13H17N3OS/c1-10-3-2-4-15(8-10)9-11-7-12(17)16-5-6-18-13(16)14-11/h5-7,10H,2-4,8-9H2,1H3. The van der Waals surface area contributed by atoms with Crippen LogP contribution < -0.4 is 5.56 Å². The largest absolute Gasteiger partial charge is 0.297 e. The van der Waals surface area contributed by atoms with Crippen LogP contribution in [-0.2, 0) is 6.54 Å². The molecule has 0 saturated carbocycles. The highest BCUT2D eigenvalue weighted by Crippen LogP contribution is 2.17. The predicted molar refractivity (Wildman–Crippen MR) is 73.0 cm³/mol. The third-order valence-electron chi connectivity index (χ3n) is 3.48. The van der Waals surface area contributed by atoms with Crippen molar-refractivity contribution >= 4 is 16.3 Å². The van der Waals surface area contributed by atoms with Crippen molar-refractivity contribution in [3.63, 3.8) is 0 Å². The quantitative estimate of drug-likeness (QED) is 0.831. The Morgan fingerprint density at radius 2 is 2.44 bits per heavy atom. The van der Waals surface area contributed by atoms with Crippen LogP contribution in [0.15, 0.2) is 22.4 Å². The molecular weight excluding hydrogens is 246 g/mol. The molecule has 0 aliphatic carbocycles. The normalized spacial score (nSPS) is 21.5. The maximum atomic E-state index is 11.9. The fourth-order valence-corrected chi connectivity index (χ4v) is 3.37. The van der Waals surface area contributed by atoms with Crippen molar-refractivity contribution in [2.24, 2.45) is 5.92 Å². The van der Waals surface area contributed by atoms with Crippen molar-refractivity contribution in [3.8, 4) is 0 Å². The Morgan fingerprint density at radius 3 is 3.28 bits per heavy atom. The molecule has 0 spiro atoms. The lowest BCUT2D eigenvalue weighted by molar-refractivity contribution is 0.175. The van der Waals surface area contributed by atoms with Crippen molar-refractivity contribution in [1.82, 2.24) is 14.3 Å². The van der Waals surface area contributed by atoms with E-state index in [1.165, 1.54) is 24.2 Å². The molecule has 1 atom stereocenters. The van der Waals surface area contributed by atoms with Gasteiger partial charge in [-0.05, 0) is 25.3 Å². The number of likely N-dealkylation sites (tertiary alicyclic amines) is 1. The minimum absolute atomic E-state index is 0.0290. The van der Waals surface area contributed by atoms with Crippen LogP contribution >= 0.6 is 11.3 Å². The monoisotopic (exact) mass is 263 g/mol. The van der Waals surface area contributed by atoms with Crippen molar-refractivity contribution in [2.45, 2.75) is 26.3 Å². The minimum atomic E-state index is 0.0290. The summed E-state index contributed by atoms with van der Waals surface area (Å²) in [6.07, 6.45) is 4.35. The Hall–Kier alpha value is -1.20. The maximum Gasteiger partial charge on any atom is 0.258 e. The van der Waals surface area contributed by atoms with Gasteiger partial charge in [0.1, 0.15) is 0 Å². The van der Waals surface area contributed by atoms with Crippen LogP contribution in [0.4, 0.5) is 0 Å². The van der Waals surface area contributed by atoms with Crippen LogP contribution in [0.25, 0.3) is 4.96 Å². The Balaban J connectivity index is 1.83. The van der Waals surface area contributed by atoms with Gasteiger partial charge < -0.3 is 0 Å². The van der Waals surface area contributed by atoms with Gasteiger partial charge in [-0.15, -0.1) is 11.3 Å². The first-order valence-electron chi connectivity index (χ1n) is 6.40. The van der Waals surface area contributed by atoms with Crippen molar-refractivity contribution in [1.29, 1.82) is 0 Å². The van der Waals surface area contributed by atoms with Crippen LogP contribution in [-0.4, -0.2) is 27.4 Å². The topological polar surface area (TPSA) is 37.6 Å². The summed E-state index contributed by atoms with van der Waals surface area (Å²) < 4.78 is 1.60. The number of nitrogens with zero attached hydrogens (tertiary/aromatic N) is 3. The van der Waals surface area contributed by atoms with Crippen molar-refractivity contribution in [3.05, 3.63) is 33.7 Å². The van der Waals surface area contributed by atoms with E-state index in [1.54, 1.807) is 16.7 Å². The second-order valence-electron chi connectivity index (χ2n) is 5.12. The molecule has 2 aromatic rings. The summed E-state index contributed by atoms with van der Waals surface area (Å²) in [7, 11) is 0. The molecular formula is C13H17N3OS. The number of thiazole rings is 1. The van der Waals surface area contributed by atoms with Gasteiger partial charge in [-0.1, -0.05) is 6.92 Å². The number of aromatic nitrogens is 2. The van der Waals surface area contributed by atoms with Crippen LogP contribution in [0, 0.1) is 5.92 Å². The lowest BCUT2D eigenvalue weighted by atomic mass is 10.0. The van der Waals surface area contributed by atoms with E-state index < -0.39 is 0 Å². The molecule has 0 amide bonds. The Bertz CT molecular complexity index is 604. The fraction of sp³-hybridized carbons (Fsp3) is 0.538. The number of hydrogen-bond donors (Lipinski definition) is 0. The fourth-order valence-electron chi connectivity index (χ4n) is 2.63. The van der Waals surface area contributed by atoms with Crippen LogP contribution in [0.2, 0.25) is 0 Å². The van der Waals surface area contributed by atoms with Gasteiger partial charge in [0.25, 0.3) is 5.56 Å². The summed E-state index contributed by atoms with van der Waals surface area (Å²) in [6, 6.07) is 1.67. The molecule has 0 bridgehead atoms. The number of piperidine rings is 1. The zero-order valence-corrected chi connectivity index (χ0v) is 11.3. The molecule has 1 unspecified atom stereocenters. The second-order valence-corrected chi connectivity index (χ2v) is 6.00. The summed E-state index contributed by atoms with van der Waals surface area (Å²) in [6.45, 7) is 5.33. The molecule has 4 nitrogen and oxygen atoms in total. The van der Waals surface area contributed by atoms with Gasteiger partial charge in [-0.25, -0.2) is 4.98 Å². The molecule has 0 aromatic carbocycles. The van der Waals surface area contributed by atoms with Crippen LogP contribution in [0.3, 0.4) is 0 Å². The summed E-state index contributed by atoms with van der Waals surface area (Å²) >= 11 is 1.51. The van der Waals surface area contributed by atoms with E-state index in [4.69, 9.17) is 0 Å². The van der Waals surface area contributed by atoms with E-state index in [2.05, 4.69) is 16.8 Å². The van der Waals surface area contributed by atoms with Crippen molar-refractivity contribution in [2.75, 3.05) is 13.1 Å². The van der Waals surface area contributed by atoms with Gasteiger partial charge in [-0.2, -0.15) is 0 Å². The molecule has 18 heavy (non-hydrogen) atoms. The molecule has 0 N–H and O–H groups in total. The smallest absolute Gasteiger partial charge is 0.258 e. The molecule has 96 valence electrons. The van der Waals surface area contributed by atoms with Gasteiger partial charge in [-0.3, -0.25) is 14.1 Å². The molecule has 3 rings (SSSR count). The summed E-state index contributed by atoms with van der Waals surface area (Å²) in [5.74, 6) is 0.755. The van der Waals surface area contributed by atoms with Gasteiger partial charge >= 0.3 is 0 Å². The van der Waals surface area contributed by atoms with Gasteiger partial charge in [0.15, 0.2) is 4.96 Å². The van der Waals surface area contributed by atoms with Crippen LogP contribution in [0.1, 0.15) is 25.5 Å². The Morgan fingerprint density at radius 1 is 1.56 bits per heavy atom. The van der Waals surface area contributed by atoms with E-state index in [9.17, 15) is 4.79 Å². The molecule has 1 aliphatic heterocycles. The first-order valence-corrected chi connectivity index (χ1v) is 7.28. The second kappa shape index (κ2) is 4.82. The third kappa shape index (κ3) is 2.33. The highest BCUT2D eigenvalue weighted by Gasteiger charge is 2.17. The molecule has 0 radical (unpaired) electrons. The van der Waals surface area contributed by atoms with Gasteiger partial charge in [0.05, 0.1) is 5.69 Å². The van der Waals surface area contributed by atoms with Crippen molar-refractivity contribution < 1.29 is 0 Å². The molecule has 1 fully saturated rings. The average Bonchev–Trinajstić information content (AvgIpc) is 2.77. The average molecular weight is 263 g/mol. The zero-order chi connectivity index (χ0) is 12.5. The number of hydrogen-bond acceptors (Lipinski definition) is 4. The first-order chi connectivity index (χ1) is 8.72. The summed E-state index contributed by atoms with van der Waals surface area (Å²) in [5.41, 5.74) is 0.929. The third-order valence-corrected chi connectivity index (χ3v) is 4.24. The molecule has 1 aliphatic rings. The Kier molecular flexibility index (Phi) is 3.18. The summed E-state index contributed by atoms with van der Waals surface area (Å²) in [4.78, 5) is 19.6. The van der Waals surface area contributed by atoms with Gasteiger partial charge in [0.2, 0.25) is 0 Å². The molecule has 1 saturated heterocycles. The van der Waals surface area contributed by atoms with Gasteiger partial charge in [0, 0.05) is 30.7 Å². The lowest BCUT2D eigenvalue weighted by Gasteiger charge is -2.30. The highest BCUT2D eigenvalue weighted by molar-refractivity contribution is 7.15. The van der Waals surface area contributed by atoms with E-state index in [1.807, 2.05) is 5.38 Å². The SMILES string of the molecule is CC1CCCN(Cc2cc(=O)n3ccsc3n2)C1. The van der Waals surface area contributed by atoms with E-state index in [0.717, 1.165) is 36.2 Å². The zero-order valence-electron chi connectivity index (χ0n) is 10.5. The summed E-state index contributed by atoms with van der Waals surface area (Å²) in [5, 5.41) is 1.90. The highest BCUT2D eigenvalue weighted by atomic mass is 32.1. The molecule has 2 aromatic heterocycles. The number of fused-ring (bicyclic) bond motifs is 1. The van der Waals surface area contributed by atoms with E-state index >= 15 is 0 Å². The van der Waals surface area contributed by atoms with E-state index in [-0.39, 0.29) is 5.56 Å². The first kappa shape index (κ1) is 11.9. The Labute approximate surface area is 110 Å². The molecule has 3 heterocycles. The lowest BCUT2D eigenvalue weighted by Crippen LogP contribution is -2.34. The maximum absolute atomic E-state index is 11.9. The number of rotatable bonds is 2. The predicted octanol–water partition coefficient (Wildman–Crippen LogP) is 1.99. The van der Waals surface area contributed by atoms with E-state index in [0.29, 0.717) is 0 Å². The van der Waals surface area contributed by atoms with Crippen LogP contribution in [0.5, 0.6) is 0 Å². The minimum Gasteiger partial charge on any atom is -0.297 e. The molecule has 5 heteroatoms.